The van der Waals surface area contributed by atoms with E-state index in [-0.39, 0.29) is 5.91 Å². The van der Waals surface area contributed by atoms with Gasteiger partial charge in [-0.1, -0.05) is 0 Å². The van der Waals surface area contributed by atoms with E-state index in [1.54, 1.807) is 13.0 Å². The Morgan fingerprint density at radius 3 is 2.81 bits per heavy atom. The highest BCUT2D eigenvalue weighted by Gasteiger charge is 2.21. The fourth-order valence-corrected chi connectivity index (χ4v) is 1.47. The van der Waals surface area contributed by atoms with Crippen LogP contribution in [0.25, 0.3) is 0 Å². The summed E-state index contributed by atoms with van der Waals surface area (Å²) in [4.78, 5) is 11.6. The molecule has 0 aromatic carbocycles. The molecule has 0 unspecified atom stereocenters. The van der Waals surface area contributed by atoms with Crippen molar-refractivity contribution in [1.29, 1.82) is 0 Å². The number of hydrogen-bond acceptors (Lipinski definition) is 3. The van der Waals surface area contributed by atoms with Crippen LogP contribution >= 0.6 is 12.2 Å². The highest BCUT2D eigenvalue weighted by molar-refractivity contribution is 7.80. The molecule has 1 aromatic rings. The third-order valence-corrected chi connectivity index (χ3v) is 2.53. The first-order chi connectivity index (χ1) is 7.66. The van der Waals surface area contributed by atoms with Gasteiger partial charge in [0, 0.05) is 6.04 Å². The number of thiocarbonyl (C=S) groups is 1. The molecule has 0 aliphatic heterocycles. The molecule has 2 rings (SSSR count). The summed E-state index contributed by atoms with van der Waals surface area (Å²) in [6.07, 6.45) is 3.75. The predicted octanol–water partition coefficient (Wildman–Crippen LogP) is 0.859. The Morgan fingerprint density at radius 2 is 2.25 bits per heavy atom. The molecule has 3 N–H and O–H groups in total. The van der Waals surface area contributed by atoms with Crippen LogP contribution in [0.5, 0.6) is 0 Å². The Hall–Kier alpha value is -1.56. The third kappa shape index (κ3) is 2.73. The van der Waals surface area contributed by atoms with Gasteiger partial charge in [0.15, 0.2) is 5.11 Å². The quantitative estimate of drug-likeness (QED) is 0.527. The van der Waals surface area contributed by atoms with Gasteiger partial charge >= 0.3 is 0 Å². The fraction of sp³-hybridized carbons (Fsp3) is 0.400. The maximum Gasteiger partial charge on any atom is 0.273 e. The zero-order chi connectivity index (χ0) is 11.5. The van der Waals surface area contributed by atoms with Crippen LogP contribution in [0, 0.1) is 6.92 Å². The van der Waals surface area contributed by atoms with Gasteiger partial charge in [0.2, 0.25) is 0 Å². The van der Waals surface area contributed by atoms with Gasteiger partial charge in [0.25, 0.3) is 5.91 Å². The standard InChI is InChI=1S/C10H13N3O2S/c1-6-8(4-5-15-6)9(14)12-13-10(16)11-7-2-3-7/h4-5,7H,2-3H2,1H3,(H,12,14)(H2,11,13,16). The monoisotopic (exact) mass is 239 g/mol. The Kier molecular flexibility index (Phi) is 3.09. The molecule has 0 saturated heterocycles. The molecule has 86 valence electrons. The molecule has 1 heterocycles. The van der Waals surface area contributed by atoms with E-state index in [9.17, 15) is 4.79 Å². The second-order valence-electron chi connectivity index (χ2n) is 3.72. The van der Waals surface area contributed by atoms with Crippen LogP contribution in [0.3, 0.4) is 0 Å². The summed E-state index contributed by atoms with van der Waals surface area (Å²) < 4.78 is 5.03. The first kappa shape index (κ1) is 10.9. The van der Waals surface area contributed by atoms with Gasteiger partial charge in [0.05, 0.1) is 11.8 Å². The second-order valence-corrected chi connectivity index (χ2v) is 4.13. The fourth-order valence-electron chi connectivity index (χ4n) is 1.25. The molecule has 0 bridgehead atoms. The van der Waals surface area contributed by atoms with Crippen molar-refractivity contribution < 1.29 is 9.21 Å². The SMILES string of the molecule is Cc1occc1C(=O)NNC(=S)NC1CC1. The number of aryl methyl sites for hydroxylation is 1. The zero-order valence-corrected chi connectivity index (χ0v) is 9.69. The summed E-state index contributed by atoms with van der Waals surface area (Å²) >= 11 is 4.99. The summed E-state index contributed by atoms with van der Waals surface area (Å²) in [5.41, 5.74) is 5.66. The molecule has 1 amide bonds. The van der Waals surface area contributed by atoms with Crippen LogP contribution in [0.4, 0.5) is 0 Å². The van der Waals surface area contributed by atoms with Crippen molar-refractivity contribution in [2.45, 2.75) is 25.8 Å². The lowest BCUT2D eigenvalue weighted by molar-refractivity contribution is 0.0942. The van der Waals surface area contributed by atoms with E-state index in [4.69, 9.17) is 16.6 Å². The Morgan fingerprint density at radius 1 is 1.50 bits per heavy atom. The third-order valence-electron chi connectivity index (χ3n) is 2.31. The lowest BCUT2D eigenvalue weighted by atomic mass is 10.2. The number of rotatable bonds is 2. The van der Waals surface area contributed by atoms with E-state index in [0.29, 0.717) is 22.5 Å². The molecule has 1 aliphatic carbocycles. The predicted molar refractivity (Wildman–Crippen MR) is 62.8 cm³/mol. The Bertz CT molecular complexity index is 412. The molecular formula is C10H13N3O2S. The molecule has 1 saturated carbocycles. The first-order valence-electron chi connectivity index (χ1n) is 5.08. The highest BCUT2D eigenvalue weighted by atomic mass is 32.1. The molecular weight excluding hydrogens is 226 g/mol. The van der Waals surface area contributed by atoms with Crippen molar-refractivity contribution in [2.24, 2.45) is 0 Å². The topological polar surface area (TPSA) is 66.3 Å². The number of carbonyl (C=O) groups excluding carboxylic acids is 1. The van der Waals surface area contributed by atoms with E-state index in [0.717, 1.165) is 12.8 Å². The molecule has 1 fully saturated rings. The van der Waals surface area contributed by atoms with Crippen LogP contribution in [0.15, 0.2) is 16.7 Å². The van der Waals surface area contributed by atoms with E-state index in [2.05, 4.69) is 16.2 Å². The average molecular weight is 239 g/mol. The second kappa shape index (κ2) is 4.52. The molecule has 6 heteroatoms. The zero-order valence-electron chi connectivity index (χ0n) is 8.87. The molecule has 16 heavy (non-hydrogen) atoms. The Balaban J connectivity index is 1.79. The van der Waals surface area contributed by atoms with E-state index in [1.807, 2.05) is 0 Å². The summed E-state index contributed by atoms with van der Waals surface area (Å²) in [5, 5.41) is 3.49. The van der Waals surface area contributed by atoms with E-state index in [1.165, 1.54) is 6.26 Å². The average Bonchev–Trinajstić information content (AvgIpc) is 2.95. The smallest absolute Gasteiger partial charge is 0.273 e. The van der Waals surface area contributed by atoms with Gasteiger partial charge < -0.3 is 9.73 Å². The van der Waals surface area contributed by atoms with Crippen LogP contribution in [-0.4, -0.2) is 17.1 Å². The van der Waals surface area contributed by atoms with Crippen molar-refractivity contribution in [3.05, 3.63) is 23.7 Å². The van der Waals surface area contributed by atoms with Crippen LogP contribution in [-0.2, 0) is 0 Å². The van der Waals surface area contributed by atoms with Crippen LogP contribution in [0.2, 0.25) is 0 Å². The van der Waals surface area contributed by atoms with Crippen molar-refractivity contribution in [3.8, 4) is 0 Å². The number of amides is 1. The molecule has 1 aliphatic rings. The largest absolute Gasteiger partial charge is 0.469 e. The molecule has 0 radical (unpaired) electrons. The van der Waals surface area contributed by atoms with Gasteiger partial charge in [-0.2, -0.15) is 0 Å². The number of carbonyl (C=O) groups is 1. The summed E-state index contributed by atoms with van der Waals surface area (Å²) in [7, 11) is 0. The number of furan rings is 1. The van der Waals surface area contributed by atoms with E-state index >= 15 is 0 Å². The minimum absolute atomic E-state index is 0.258. The van der Waals surface area contributed by atoms with Gasteiger partial charge in [-0.15, -0.1) is 0 Å². The summed E-state index contributed by atoms with van der Waals surface area (Å²) in [5.74, 6) is 0.326. The summed E-state index contributed by atoms with van der Waals surface area (Å²) in [6, 6.07) is 2.08. The van der Waals surface area contributed by atoms with Crippen molar-refractivity contribution >= 4 is 23.2 Å². The van der Waals surface area contributed by atoms with Crippen LogP contribution in [0.1, 0.15) is 29.0 Å². The summed E-state index contributed by atoms with van der Waals surface area (Å²) in [6.45, 7) is 1.73. The Labute approximate surface area is 98.5 Å². The van der Waals surface area contributed by atoms with Crippen molar-refractivity contribution in [2.75, 3.05) is 0 Å². The maximum atomic E-state index is 11.6. The minimum atomic E-state index is -0.258. The number of hydrazine groups is 1. The molecule has 1 aromatic heterocycles. The van der Waals surface area contributed by atoms with Crippen LogP contribution < -0.4 is 16.2 Å². The molecule has 0 spiro atoms. The van der Waals surface area contributed by atoms with Gasteiger partial charge in [0.1, 0.15) is 5.76 Å². The van der Waals surface area contributed by atoms with Crippen molar-refractivity contribution in [1.82, 2.24) is 16.2 Å². The van der Waals surface area contributed by atoms with E-state index < -0.39 is 0 Å². The van der Waals surface area contributed by atoms with Gasteiger partial charge in [-0.05, 0) is 38.0 Å². The lowest BCUT2D eigenvalue weighted by Crippen LogP contribution is -2.47. The van der Waals surface area contributed by atoms with Gasteiger partial charge in [-0.25, -0.2) is 0 Å². The number of nitrogens with one attached hydrogen (secondary N) is 3. The van der Waals surface area contributed by atoms with Gasteiger partial charge in [-0.3, -0.25) is 15.6 Å². The molecule has 0 atom stereocenters. The van der Waals surface area contributed by atoms with Crippen molar-refractivity contribution in [3.63, 3.8) is 0 Å². The maximum absolute atomic E-state index is 11.6. The first-order valence-corrected chi connectivity index (χ1v) is 5.48. The normalized spacial score (nSPS) is 14.3. The lowest BCUT2D eigenvalue weighted by Gasteiger charge is -2.10. The minimum Gasteiger partial charge on any atom is -0.469 e. The molecule has 5 nitrogen and oxygen atoms in total. The number of hydrogen-bond donors (Lipinski definition) is 3. The highest BCUT2D eigenvalue weighted by Crippen LogP contribution is 2.18.